The Labute approximate surface area is 209 Å². The van der Waals surface area contributed by atoms with E-state index in [-0.39, 0.29) is 12.7 Å². The van der Waals surface area contributed by atoms with Crippen molar-refractivity contribution in [3.8, 4) is 22.3 Å². The quantitative estimate of drug-likeness (QED) is 0.180. The third-order valence-electron chi connectivity index (χ3n) is 5.21. The van der Waals surface area contributed by atoms with Crippen LogP contribution in [0.3, 0.4) is 0 Å². The van der Waals surface area contributed by atoms with Crippen molar-refractivity contribution in [3.05, 3.63) is 134 Å². The van der Waals surface area contributed by atoms with Crippen molar-refractivity contribution in [1.29, 1.82) is 0 Å². The Morgan fingerprint density at radius 1 is 0.528 bits per heavy atom. The highest BCUT2D eigenvalue weighted by molar-refractivity contribution is 5.91. The highest BCUT2D eigenvalue weighted by Gasteiger charge is 2.21. The number of carbonyl (C=O) groups is 2. The summed E-state index contributed by atoms with van der Waals surface area (Å²) in [5.74, 6) is -1.44. The van der Waals surface area contributed by atoms with E-state index < -0.39 is 11.9 Å². The molecule has 0 atom stereocenters. The molecular weight excluding hydrogens is 456 g/mol. The minimum absolute atomic E-state index is 0.147. The van der Waals surface area contributed by atoms with E-state index in [1.807, 2.05) is 72.8 Å². The van der Waals surface area contributed by atoms with Gasteiger partial charge in [-0.25, -0.2) is 9.59 Å². The molecule has 0 aliphatic heterocycles. The lowest BCUT2D eigenvalue weighted by Gasteiger charge is -2.13. The van der Waals surface area contributed by atoms with Crippen molar-refractivity contribution in [1.82, 2.24) is 0 Å². The van der Waals surface area contributed by atoms with Crippen LogP contribution in [0.2, 0.25) is 0 Å². The summed E-state index contributed by atoms with van der Waals surface area (Å²) in [7, 11) is 0. The van der Waals surface area contributed by atoms with Crippen LogP contribution in [-0.2, 0) is 19.6 Å². The minimum atomic E-state index is -0.722. The predicted molar refractivity (Wildman–Crippen MR) is 135 cm³/mol. The lowest BCUT2D eigenvalue weighted by molar-refractivity contribution is -0.363. The molecule has 0 heterocycles. The summed E-state index contributed by atoms with van der Waals surface area (Å²) in [5, 5.41) is 0. The molecule has 0 saturated heterocycles. The first kappa shape index (κ1) is 24.9. The molecule has 0 amide bonds. The summed E-state index contributed by atoms with van der Waals surface area (Å²) in [4.78, 5) is 45.0. The predicted octanol–water partition coefficient (Wildman–Crippen LogP) is 7.00. The van der Waals surface area contributed by atoms with Gasteiger partial charge in [0.05, 0.1) is 11.1 Å². The van der Waals surface area contributed by atoms with Crippen LogP contribution in [0.25, 0.3) is 22.3 Å². The molecule has 4 aromatic rings. The van der Waals surface area contributed by atoms with E-state index in [1.54, 1.807) is 36.4 Å². The minimum Gasteiger partial charge on any atom is -0.289 e. The molecular formula is C30H24O6. The van der Waals surface area contributed by atoms with E-state index >= 15 is 0 Å². The summed E-state index contributed by atoms with van der Waals surface area (Å²) < 4.78 is 0. The zero-order valence-electron chi connectivity index (χ0n) is 19.5. The van der Waals surface area contributed by atoms with Crippen molar-refractivity contribution in [2.24, 2.45) is 0 Å². The maximum atomic E-state index is 12.5. The van der Waals surface area contributed by atoms with Gasteiger partial charge in [-0.3, -0.25) is 9.78 Å². The average Bonchev–Trinajstić information content (AvgIpc) is 2.95. The van der Waals surface area contributed by atoms with Gasteiger partial charge in [-0.05, 0) is 52.9 Å². The molecule has 6 nitrogen and oxygen atoms in total. The van der Waals surface area contributed by atoms with Crippen LogP contribution in [0.5, 0.6) is 0 Å². The van der Waals surface area contributed by atoms with Crippen LogP contribution < -0.4 is 0 Å². The lowest BCUT2D eigenvalue weighted by atomic mass is 10.0. The molecule has 36 heavy (non-hydrogen) atoms. The summed E-state index contributed by atoms with van der Waals surface area (Å²) in [6.45, 7) is 3.72. The van der Waals surface area contributed by atoms with Gasteiger partial charge in [0.15, 0.2) is 0 Å². The Bertz CT molecular complexity index is 1190. The molecule has 0 spiro atoms. The standard InChI is InChI=1S/C30H24O6/c1-2-11-28(33-35-29(31)26-18-9-16-24(20-26)22-12-5-3-6-13-22)34-36-30(32)27-19-10-17-25(21-27)23-14-7-4-8-15-23/h3-10,12-21H,1-2,11H2. The fourth-order valence-corrected chi connectivity index (χ4v) is 3.42. The van der Waals surface area contributed by atoms with Crippen LogP contribution in [0.1, 0.15) is 33.6 Å². The molecule has 0 unspecified atom stereocenters. The smallest absolute Gasteiger partial charge is 0.289 e. The second-order valence-electron chi connectivity index (χ2n) is 7.78. The van der Waals surface area contributed by atoms with Gasteiger partial charge in [-0.2, -0.15) is 0 Å². The van der Waals surface area contributed by atoms with Crippen LogP contribution >= 0.6 is 0 Å². The van der Waals surface area contributed by atoms with E-state index in [2.05, 4.69) is 6.92 Å². The third kappa shape index (κ3) is 6.66. The van der Waals surface area contributed by atoms with Gasteiger partial charge >= 0.3 is 18.2 Å². The van der Waals surface area contributed by atoms with Crippen molar-refractivity contribution < 1.29 is 29.1 Å². The van der Waals surface area contributed by atoms with E-state index in [9.17, 15) is 9.59 Å². The summed E-state index contributed by atoms with van der Waals surface area (Å²) in [5.41, 5.74) is 4.22. The van der Waals surface area contributed by atoms with E-state index in [0.717, 1.165) is 22.3 Å². The van der Waals surface area contributed by atoms with Crippen molar-refractivity contribution in [2.45, 2.75) is 12.8 Å². The second kappa shape index (κ2) is 12.4. The van der Waals surface area contributed by atoms with Crippen LogP contribution in [-0.4, -0.2) is 11.9 Å². The Kier molecular flexibility index (Phi) is 8.59. The van der Waals surface area contributed by atoms with Crippen LogP contribution in [0.15, 0.2) is 109 Å². The van der Waals surface area contributed by atoms with E-state index in [1.165, 1.54) is 0 Å². The normalized spacial score (nSPS) is 10.7. The number of carbonyl (C=O) groups excluding carboxylic acids is 2. The molecule has 180 valence electrons. The Hall–Kier alpha value is -4.26. The number of hydrogen-bond acceptors (Lipinski definition) is 6. The topological polar surface area (TPSA) is 71.1 Å². The largest absolute Gasteiger partial charge is 0.373 e. The zero-order valence-corrected chi connectivity index (χ0v) is 19.5. The van der Waals surface area contributed by atoms with E-state index in [0.29, 0.717) is 17.5 Å². The SMILES string of the molecule is [CH2]CC[C](OOC(=O)c1cccc(-c2ccccc2)c1)OOC(=O)c1cccc(-c2ccccc2)c1. The van der Waals surface area contributed by atoms with Crippen molar-refractivity contribution in [2.75, 3.05) is 0 Å². The van der Waals surface area contributed by atoms with Gasteiger partial charge < -0.3 is 0 Å². The maximum Gasteiger partial charge on any atom is 0.373 e. The maximum absolute atomic E-state index is 12.5. The average molecular weight is 481 g/mol. The molecule has 0 N–H and O–H groups in total. The van der Waals surface area contributed by atoms with Gasteiger partial charge in [0.1, 0.15) is 0 Å². The van der Waals surface area contributed by atoms with Gasteiger partial charge in [-0.1, -0.05) is 91.9 Å². The van der Waals surface area contributed by atoms with Crippen LogP contribution in [0, 0.1) is 13.2 Å². The van der Waals surface area contributed by atoms with Gasteiger partial charge in [0.2, 0.25) is 0 Å². The molecule has 0 aromatic heterocycles. The first-order valence-electron chi connectivity index (χ1n) is 11.4. The number of rotatable bonds is 10. The highest BCUT2D eigenvalue weighted by atomic mass is 17.3. The Balaban J connectivity index is 1.34. The number of hydrogen-bond donors (Lipinski definition) is 0. The first-order chi connectivity index (χ1) is 17.6. The molecule has 0 bridgehead atoms. The summed E-state index contributed by atoms with van der Waals surface area (Å²) >= 11 is 0. The highest BCUT2D eigenvalue weighted by Crippen LogP contribution is 2.23. The van der Waals surface area contributed by atoms with E-state index in [4.69, 9.17) is 19.6 Å². The first-order valence-corrected chi connectivity index (χ1v) is 11.4. The summed E-state index contributed by atoms with van der Waals surface area (Å²) in [6.07, 6.45) is 0.302. The molecule has 0 fully saturated rings. The Morgan fingerprint density at radius 3 is 1.36 bits per heavy atom. The summed E-state index contributed by atoms with van der Waals surface area (Å²) in [6, 6.07) is 33.2. The van der Waals surface area contributed by atoms with Crippen molar-refractivity contribution >= 4 is 11.9 Å². The molecule has 0 aliphatic rings. The van der Waals surface area contributed by atoms with Gasteiger partial charge in [0, 0.05) is 6.42 Å². The zero-order chi connectivity index (χ0) is 25.2. The molecule has 4 rings (SSSR count). The van der Waals surface area contributed by atoms with Gasteiger partial charge in [0.25, 0.3) is 0 Å². The molecule has 4 aromatic carbocycles. The molecule has 6 heteroatoms. The fraction of sp³-hybridized carbons (Fsp3) is 0.0667. The van der Waals surface area contributed by atoms with Crippen molar-refractivity contribution in [3.63, 3.8) is 0 Å². The molecule has 0 aliphatic carbocycles. The van der Waals surface area contributed by atoms with Gasteiger partial charge in [-0.15, -0.1) is 9.78 Å². The Morgan fingerprint density at radius 2 is 0.944 bits per heavy atom. The molecule has 0 saturated carbocycles. The number of benzene rings is 4. The fourth-order valence-electron chi connectivity index (χ4n) is 3.42. The monoisotopic (exact) mass is 480 g/mol. The second-order valence-corrected chi connectivity index (χ2v) is 7.78. The lowest BCUT2D eigenvalue weighted by Crippen LogP contribution is -2.16. The third-order valence-corrected chi connectivity index (χ3v) is 5.21. The van der Waals surface area contributed by atoms with Crippen LogP contribution in [0.4, 0.5) is 0 Å². The molecule has 2 radical (unpaired) electrons.